The number of halogens is 1. The van der Waals surface area contributed by atoms with Crippen molar-refractivity contribution in [3.05, 3.63) is 51.6 Å². The number of aryl methyl sites for hydroxylation is 1. The van der Waals surface area contributed by atoms with Gasteiger partial charge in [-0.15, -0.1) is 0 Å². The number of likely N-dealkylation sites (tertiary alicyclic amines) is 1. The molecular formula is C32H37BrN8O3. The Morgan fingerprint density at radius 2 is 1.89 bits per heavy atom. The van der Waals surface area contributed by atoms with Gasteiger partial charge in [-0.1, -0.05) is 13.0 Å². The minimum atomic E-state index is -0.670. The zero-order valence-corrected chi connectivity index (χ0v) is 27.5. The quantitative estimate of drug-likeness (QED) is 0.142. The van der Waals surface area contributed by atoms with Crippen LogP contribution in [0.15, 0.2) is 39.0 Å². The van der Waals surface area contributed by atoms with Crippen molar-refractivity contribution in [1.82, 2.24) is 24.6 Å². The van der Waals surface area contributed by atoms with Crippen LogP contribution in [0.5, 0.6) is 0 Å². The summed E-state index contributed by atoms with van der Waals surface area (Å²) >= 11 is 3.36. The zero-order chi connectivity index (χ0) is 31.9. The van der Waals surface area contributed by atoms with Gasteiger partial charge in [0, 0.05) is 30.5 Å². The predicted molar refractivity (Wildman–Crippen MR) is 175 cm³/mol. The average Bonchev–Trinajstić information content (AvgIpc) is 3.71. The van der Waals surface area contributed by atoms with E-state index in [9.17, 15) is 14.4 Å². The molecule has 0 bridgehead atoms. The molecule has 11 nitrogen and oxygen atoms in total. The Kier molecular flexibility index (Phi) is 8.92. The largest absolute Gasteiger partial charge is 0.326 e. The third-order valence-electron chi connectivity index (χ3n) is 8.50. The summed E-state index contributed by atoms with van der Waals surface area (Å²) in [6, 6.07) is 4.68. The van der Waals surface area contributed by atoms with E-state index in [0.29, 0.717) is 39.3 Å². The Labute approximate surface area is 265 Å². The molecule has 12 heteroatoms. The van der Waals surface area contributed by atoms with Crippen LogP contribution in [-0.2, 0) is 16.1 Å². The fourth-order valence-corrected chi connectivity index (χ4v) is 5.96. The molecule has 3 aromatic heterocycles. The molecule has 4 heterocycles. The molecule has 5 rings (SSSR count). The van der Waals surface area contributed by atoms with Gasteiger partial charge in [0.15, 0.2) is 5.78 Å². The fraction of sp³-hybridized carbons (Fsp3) is 0.438. The molecule has 3 atom stereocenters. The molecule has 1 aliphatic carbocycles. The number of anilines is 1. The third kappa shape index (κ3) is 6.26. The summed E-state index contributed by atoms with van der Waals surface area (Å²) in [6.45, 7) is 14.4. The average molecular weight is 662 g/mol. The van der Waals surface area contributed by atoms with Gasteiger partial charge in [-0.25, -0.2) is 15.0 Å². The molecule has 2 amide bonds. The van der Waals surface area contributed by atoms with E-state index >= 15 is 0 Å². The number of pyridine rings is 2. The van der Waals surface area contributed by atoms with Crippen LogP contribution in [0.1, 0.15) is 87.2 Å². The SMILES string of the molecule is C=NC(C)=N/C=C(\C)c1cc2c(C(C)=O)nn(CC(=O)N3[C@H](C)[C@@H](C)C[C@H]3C(=O)Nc3nc(Br)ccc3C)c2c(C2CC2)n1. The maximum Gasteiger partial charge on any atom is 0.248 e. The molecule has 1 aliphatic heterocycles. The number of rotatable bonds is 8. The number of aliphatic imine (C=N–C) groups is 2. The molecule has 2 aliphatic rings. The van der Waals surface area contributed by atoms with E-state index in [-0.39, 0.29) is 47.7 Å². The topological polar surface area (TPSA) is 135 Å². The number of hydrogen-bond acceptors (Lipinski definition) is 7. The van der Waals surface area contributed by atoms with Gasteiger partial charge in [0.1, 0.15) is 34.5 Å². The van der Waals surface area contributed by atoms with Crippen LogP contribution in [0.4, 0.5) is 5.82 Å². The molecule has 0 spiro atoms. The molecule has 1 N–H and O–H groups in total. The van der Waals surface area contributed by atoms with Gasteiger partial charge < -0.3 is 10.2 Å². The van der Waals surface area contributed by atoms with E-state index < -0.39 is 6.04 Å². The van der Waals surface area contributed by atoms with Crippen LogP contribution in [0.25, 0.3) is 16.5 Å². The number of hydrogen-bond donors (Lipinski definition) is 1. The second-order valence-corrected chi connectivity index (χ2v) is 12.6. The van der Waals surface area contributed by atoms with Crippen LogP contribution in [0.2, 0.25) is 0 Å². The van der Waals surface area contributed by atoms with E-state index in [1.807, 2.05) is 45.9 Å². The standard InChI is InChI=1S/C32H37BrN8O3/c1-16-8-11-26(33)37-31(16)38-32(44)25-12-17(2)19(4)41(25)27(43)15-40-30-23(28(39-40)20(5)42)13-24(36-29(30)22-9-10-22)18(3)14-35-21(6)34-7/h8,11,13-14,17,19,22,25H,7,9-10,12,15H2,1-6H3,(H,37,38,44)/b18-14+,35-21?/t17-,19+,25-/m0/s1. The first-order valence-electron chi connectivity index (χ1n) is 14.7. The summed E-state index contributed by atoms with van der Waals surface area (Å²) in [6.07, 6.45) is 4.14. The van der Waals surface area contributed by atoms with Crippen molar-refractivity contribution in [2.45, 2.75) is 85.4 Å². The first-order chi connectivity index (χ1) is 20.9. The molecule has 0 unspecified atom stereocenters. The van der Waals surface area contributed by atoms with Gasteiger partial charge in [0.2, 0.25) is 11.8 Å². The Balaban J connectivity index is 1.51. The minimum Gasteiger partial charge on any atom is -0.326 e. The van der Waals surface area contributed by atoms with Crippen LogP contribution < -0.4 is 5.32 Å². The minimum absolute atomic E-state index is 0.108. The van der Waals surface area contributed by atoms with Crippen LogP contribution in [-0.4, -0.2) is 66.9 Å². The van der Waals surface area contributed by atoms with Crippen molar-refractivity contribution < 1.29 is 14.4 Å². The highest BCUT2D eigenvalue weighted by molar-refractivity contribution is 9.10. The first kappa shape index (κ1) is 31.4. The molecule has 1 saturated carbocycles. The number of allylic oxidation sites excluding steroid dienone is 1. The lowest BCUT2D eigenvalue weighted by atomic mass is 10.0. The number of aromatic nitrogens is 4. The van der Waals surface area contributed by atoms with E-state index in [0.717, 1.165) is 29.7 Å². The van der Waals surface area contributed by atoms with Crippen molar-refractivity contribution in [2.75, 3.05) is 5.32 Å². The number of amides is 2. The Morgan fingerprint density at radius 1 is 1.16 bits per heavy atom. The second kappa shape index (κ2) is 12.5. The van der Waals surface area contributed by atoms with Gasteiger partial charge in [-0.3, -0.25) is 24.0 Å². The summed E-state index contributed by atoms with van der Waals surface area (Å²) in [4.78, 5) is 59.6. The van der Waals surface area contributed by atoms with Gasteiger partial charge >= 0.3 is 0 Å². The van der Waals surface area contributed by atoms with E-state index in [2.05, 4.69) is 48.0 Å². The van der Waals surface area contributed by atoms with Crippen molar-refractivity contribution in [3.63, 3.8) is 0 Å². The van der Waals surface area contributed by atoms with Gasteiger partial charge in [0.25, 0.3) is 0 Å². The number of carbonyl (C=O) groups excluding carboxylic acids is 3. The first-order valence-corrected chi connectivity index (χ1v) is 15.5. The summed E-state index contributed by atoms with van der Waals surface area (Å²) in [5.74, 6) is 0.569. The highest BCUT2D eigenvalue weighted by Crippen LogP contribution is 2.43. The molecule has 0 radical (unpaired) electrons. The highest BCUT2D eigenvalue weighted by Gasteiger charge is 2.43. The number of nitrogens with one attached hydrogen (secondary N) is 1. The molecular weight excluding hydrogens is 624 g/mol. The Hall–Kier alpha value is -4.06. The number of ketones is 1. The van der Waals surface area contributed by atoms with E-state index in [1.165, 1.54) is 6.92 Å². The van der Waals surface area contributed by atoms with Crippen molar-refractivity contribution >= 4 is 68.4 Å². The van der Waals surface area contributed by atoms with Crippen molar-refractivity contribution in [3.8, 4) is 0 Å². The maximum absolute atomic E-state index is 14.1. The molecule has 44 heavy (non-hydrogen) atoms. The lowest BCUT2D eigenvalue weighted by Crippen LogP contribution is -2.47. The van der Waals surface area contributed by atoms with Gasteiger partial charge in [-0.05, 0) is 98.8 Å². The maximum atomic E-state index is 14.1. The monoisotopic (exact) mass is 660 g/mol. The number of fused-ring (bicyclic) bond motifs is 1. The van der Waals surface area contributed by atoms with E-state index in [1.54, 1.807) is 22.7 Å². The third-order valence-corrected chi connectivity index (χ3v) is 8.94. The van der Waals surface area contributed by atoms with E-state index in [4.69, 9.17) is 4.98 Å². The Bertz CT molecular complexity index is 1740. The predicted octanol–water partition coefficient (Wildman–Crippen LogP) is 5.72. The molecule has 3 aromatic rings. The van der Waals surface area contributed by atoms with Crippen LogP contribution >= 0.6 is 15.9 Å². The van der Waals surface area contributed by atoms with Gasteiger partial charge in [-0.2, -0.15) is 5.10 Å². The zero-order valence-electron chi connectivity index (χ0n) is 25.9. The van der Waals surface area contributed by atoms with Gasteiger partial charge in [0.05, 0.1) is 16.9 Å². The Morgan fingerprint density at radius 3 is 2.55 bits per heavy atom. The lowest BCUT2D eigenvalue weighted by Gasteiger charge is -2.28. The number of nitrogens with zero attached hydrogens (tertiary/aromatic N) is 7. The number of Topliss-reactive ketones (excluding diaryl/α,β-unsaturated/α-hetero) is 1. The molecule has 1 saturated heterocycles. The van der Waals surface area contributed by atoms with Crippen LogP contribution in [0, 0.1) is 12.8 Å². The number of carbonyl (C=O) groups is 3. The second-order valence-electron chi connectivity index (χ2n) is 11.8. The summed E-state index contributed by atoms with van der Waals surface area (Å²) in [7, 11) is 0. The summed E-state index contributed by atoms with van der Waals surface area (Å²) in [5, 5.41) is 8.24. The summed E-state index contributed by atoms with van der Waals surface area (Å²) < 4.78 is 2.21. The van der Waals surface area contributed by atoms with Crippen molar-refractivity contribution in [2.24, 2.45) is 15.9 Å². The lowest BCUT2D eigenvalue weighted by molar-refractivity contribution is -0.139. The van der Waals surface area contributed by atoms with Crippen molar-refractivity contribution in [1.29, 1.82) is 0 Å². The fourth-order valence-electron chi connectivity index (χ4n) is 5.65. The van der Waals surface area contributed by atoms with Crippen LogP contribution in [0.3, 0.4) is 0 Å². The summed E-state index contributed by atoms with van der Waals surface area (Å²) in [5.41, 5.74) is 4.09. The molecule has 0 aromatic carbocycles. The normalized spacial score (nSPS) is 20.7. The highest BCUT2D eigenvalue weighted by atomic mass is 79.9. The molecule has 230 valence electrons. The smallest absolute Gasteiger partial charge is 0.248 e. The molecule has 2 fully saturated rings. The number of amidine groups is 1.